The molecule has 1 aromatic carbocycles. The standard InChI is InChI=1S/C7H8BrNO2S/c1-12(9,11)5-2-3-7(10)6(8)4-5/h2-4,9-10H,1H3. The molecule has 0 aliphatic carbocycles. The predicted molar refractivity (Wildman–Crippen MR) is 50.9 cm³/mol. The van der Waals surface area contributed by atoms with Crippen LogP contribution in [-0.4, -0.2) is 15.6 Å². The highest BCUT2D eigenvalue weighted by atomic mass is 79.9. The molecule has 0 amide bonds. The lowest BCUT2D eigenvalue weighted by atomic mass is 10.3. The summed E-state index contributed by atoms with van der Waals surface area (Å²) in [4.78, 5) is 0.409. The molecule has 0 aliphatic rings. The van der Waals surface area contributed by atoms with Crippen molar-refractivity contribution in [2.75, 3.05) is 6.26 Å². The number of rotatable bonds is 1. The fourth-order valence-corrected chi connectivity index (χ4v) is 1.93. The summed E-state index contributed by atoms with van der Waals surface area (Å²) in [6.07, 6.45) is 1.34. The zero-order chi connectivity index (χ0) is 9.35. The molecule has 0 aliphatic heterocycles. The average Bonchev–Trinajstić information content (AvgIpc) is 1.92. The number of phenolic OH excluding ortho intramolecular Hbond substituents is 1. The Morgan fingerprint density at radius 3 is 2.58 bits per heavy atom. The van der Waals surface area contributed by atoms with E-state index in [1.807, 2.05) is 0 Å². The van der Waals surface area contributed by atoms with Gasteiger partial charge in [-0.05, 0) is 34.1 Å². The van der Waals surface area contributed by atoms with Gasteiger partial charge in [-0.25, -0.2) is 8.99 Å². The van der Waals surface area contributed by atoms with Gasteiger partial charge < -0.3 is 5.11 Å². The molecular weight excluding hydrogens is 242 g/mol. The summed E-state index contributed by atoms with van der Waals surface area (Å²) in [5.74, 6) is 0.0856. The van der Waals surface area contributed by atoms with E-state index in [2.05, 4.69) is 15.9 Å². The molecule has 0 spiro atoms. The van der Waals surface area contributed by atoms with Gasteiger partial charge in [0, 0.05) is 11.2 Å². The molecule has 1 aromatic rings. The van der Waals surface area contributed by atoms with Gasteiger partial charge in [0.15, 0.2) is 0 Å². The molecule has 0 aromatic heterocycles. The van der Waals surface area contributed by atoms with Crippen LogP contribution in [-0.2, 0) is 9.73 Å². The van der Waals surface area contributed by atoms with Crippen LogP contribution in [0.2, 0.25) is 0 Å². The second-order valence-electron chi connectivity index (χ2n) is 2.46. The van der Waals surface area contributed by atoms with Gasteiger partial charge in [-0.2, -0.15) is 0 Å². The van der Waals surface area contributed by atoms with Crippen LogP contribution >= 0.6 is 15.9 Å². The number of halogens is 1. The Kier molecular flexibility index (Phi) is 2.44. The SMILES string of the molecule is CS(=N)(=O)c1ccc(O)c(Br)c1. The van der Waals surface area contributed by atoms with E-state index in [0.717, 1.165) is 0 Å². The first-order valence-corrected chi connectivity index (χ1v) is 5.89. The quantitative estimate of drug-likeness (QED) is 0.802. The maximum absolute atomic E-state index is 11.2. The van der Waals surface area contributed by atoms with Crippen LogP contribution in [0.25, 0.3) is 0 Å². The number of hydrogen-bond donors (Lipinski definition) is 2. The van der Waals surface area contributed by atoms with Crippen LogP contribution < -0.4 is 0 Å². The van der Waals surface area contributed by atoms with Gasteiger partial charge in [0.05, 0.1) is 14.2 Å². The van der Waals surface area contributed by atoms with Crippen molar-refractivity contribution in [2.24, 2.45) is 0 Å². The lowest BCUT2D eigenvalue weighted by Crippen LogP contribution is -1.93. The molecule has 2 N–H and O–H groups in total. The van der Waals surface area contributed by atoms with Gasteiger partial charge >= 0.3 is 0 Å². The predicted octanol–water partition coefficient (Wildman–Crippen LogP) is 2.19. The third-order valence-corrected chi connectivity index (χ3v) is 3.16. The van der Waals surface area contributed by atoms with E-state index in [0.29, 0.717) is 9.37 Å². The van der Waals surface area contributed by atoms with Gasteiger partial charge in [-0.3, -0.25) is 0 Å². The summed E-state index contributed by atoms with van der Waals surface area (Å²) >= 11 is 3.08. The fraction of sp³-hybridized carbons (Fsp3) is 0.143. The first-order chi connectivity index (χ1) is 5.41. The van der Waals surface area contributed by atoms with Crippen molar-refractivity contribution in [3.63, 3.8) is 0 Å². The minimum Gasteiger partial charge on any atom is -0.507 e. The normalized spacial score (nSPS) is 15.5. The molecular formula is C7H8BrNO2S. The van der Waals surface area contributed by atoms with E-state index in [9.17, 15) is 4.21 Å². The van der Waals surface area contributed by atoms with Crippen LogP contribution in [0.3, 0.4) is 0 Å². The van der Waals surface area contributed by atoms with Gasteiger partial charge in [0.25, 0.3) is 0 Å². The molecule has 0 fully saturated rings. The number of aromatic hydroxyl groups is 1. The van der Waals surface area contributed by atoms with Crippen LogP contribution in [0.4, 0.5) is 0 Å². The number of phenols is 1. The first kappa shape index (κ1) is 9.54. The second kappa shape index (κ2) is 3.06. The van der Waals surface area contributed by atoms with Crippen LogP contribution in [0.1, 0.15) is 0 Å². The fourth-order valence-electron chi connectivity index (χ4n) is 0.730. The minimum atomic E-state index is -2.68. The number of hydrogen-bond acceptors (Lipinski definition) is 3. The summed E-state index contributed by atoms with van der Waals surface area (Å²) in [6, 6.07) is 4.39. The Morgan fingerprint density at radius 2 is 2.17 bits per heavy atom. The van der Waals surface area contributed by atoms with Crippen molar-refractivity contribution >= 4 is 25.7 Å². The molecule has 0 heterocycles. The van der Waals surface area contributed by atoms with E-state index in [4.69, 9.17) is 9.89 Å². The molecule has 0 radical (unpaired) electrons. The maximum atomic E-state index is 11.2. The highest BCUT2D eigenvalue weighted by Gasteiger charge is 2.05. The van der Waals surface area contributed by atoms with Crippen molar-refractivity contribution < 1.29 is 9.32 Å². The Balaban J connectivity index is 3.33. The molecule has 5 heteroatoms. The van der Waals surface area contributed by atoms with E-state index in [1.54, 1.807) is 0 Å². The van der Waals surface area contributed by atoms with Crippen molar-refractivity contribution in [3.8, 4) is 5.75 Å². The monoisotopic (exact) mass is 249 g/mol. The lowest BCUT2D eigenvalue weighted by Gasteiger charge is -2.02. The molecule has 66 valence electrons. The Bertz CT molecular complexity index is 400. The molecule has 1 atom stereocenters. The third kappa shape index (κ3) is 1.98. The third-order valence-electron chi connectivity index (χ3n) is 1.37. The molecule has 0 saturated carbocycles. The molecule has 0 bridgehead atoms. The van der Waals surface area contributed by atoms with Gasteiger partial charge in [0.2, 0.25) is 0 Å². The Hall–Kier alpha value is -0.550. The molecule has 12 heavy (non-hydrogen) atoms. The van der Waals surface area contributed by atoms with Crippen LogP contribution in [0.5, 0.6) is 5.75 Å². The number of nitrogens with one attached hydrogen (secondary N) is 1. The molecule has 1 unspecified atom stereocenters. The zero-order valence-electron chi connectivity index (χ0n) is 6.37. The Labute approximate surface area is 79.5 Å². The van der Waals surface area contributed by atoms with Crippen LogP contribution in [0.15, 0.2) is 27.6 Å². The lowest BCUT2D eigenvalue weighted by molar-refractivity contribution is 0.471. The van der Waals surface area contributed by atoms with Gasteiger partial charge in [-0.1, -0.05) is 0 Å². The summed E-state index contributed by atoms with van der Waals surface area (Å²) in [5, 5.41) is 9.11. The molecule has 1 rings (SSSR count). The molecule has 0 saturated heterocycles. The second-order valence-corrected chi connectivity index (χ2v) is 5.47. The van der Waals surface area contributed by atoms with Gasteiger partial charge in [-0.15, -0.1) is 0 Å². The number of benzene rings is 1. The van der Waals surface area contributed by atoms with E-state index < -0.39 is 9.73 Å². The van der Waals surface area contributed by atoms with Gasteiger partial charge in [0.1, 0.15) is 5.75 Å². The van der Waals surface area contributed by atoms with E-state index >= 15 is 0 Å². The smallest absolute Gasteiger partial charge is 0.129 e. The van der Waals surface area contributed by atoms with E-state index in [-0.39, 0.29) is 5.75 Å². The summed E-state index contributed by atoms with van der Waals surface area (Å²) in [7, 11) is -2.68. The largest absolute Gasteiger partial charge is 0.507 e. The highest BCUT2D eigenvalue weighted by molar-refractivity contribution is 9.10. The zero-order valence-corrected chi connectivity index (χ0v) is 8.78. The van der Waals surface area contributed by atoms with E-state index in [1.165, 1.54) is 24.5 Å². The Morgan fingerprint density at radius 1 is 1.58 bits per heavy atom. The topological polar surface area (TPSA) is 61.2 Å². The summed E-state index contributed by atoms with van der Waals surface area (Å²) < 4.78 is 18.9. The first-order valence-electron chi connectivity index (χ1n) is 3.13. The summed E-state index contributed by atoms with van der Waals surface area (Å²) in [5.41, 5.74) is 0. The minimum absolute atomic E-state index is 0.0856. The molecule has 3 nitrogen and oxygen atoms in total. The van der Waals surface area contributed by atoms with Crippen LogP contribution in [0, 0.1) is 4.78 Å². The average molecular weight is 250 g/mol. The van der Waals surface area contributed by atoms with Crippen molar-refractivity contribution in [1.29, 1.82) is 4.78 Å². The van der Waals surface area contributed by atoms with Crippen molar-refractivity contribution in [2.45, 2.75) is 4.90 Å². The maximum Gasteiger partial charge on any atom is 0.129 e. The van der Waals surface area contributed by atoms with Crippen molar-refractivity contribution in [1.82, 2.24) is 0 Å². The van der Waals surface area contributed by atoms with Crippen molar-refractivity contribution in [3.05, 3.63) is 22.7 Å². The highest BCUT2D eigenvalue weighted by Crippen LogP contribution is 2.26. The summed E-state index contributed by atoms with van der Waals surface area (Å²) in [6.45, 7) is 0.